The lowest BCUT2D eigenvalue weighted by molar-refractivity contribution is -0.119. The summed E-state index contributed by atoms with van der Waals surface area (Å²) in [6.45, 7) is 5.83. The number of carbonyl (C=O) groups excluding carboxylic acids is 1. The maximum absolute atomic E-state index is 12.0. The Morgan fingerprint density at radius 2 is 1.81 bits per heavy atom. The molecule has 1 amide bonds. The van der Waals surface area contributed by atoms with Crippen molar-refractivity contribution in [1.29, 1.82) is 0 Å². The van der Waals surface area contributed by atoms with Crippen molar-refractivity contribution >= 4 is 17.7 Å². The molecule has 0 radical (unpaired) electrons. The molecule has 0 aliphatic heterocycles. The van der Waals surface area contributed by atoms with E-state index in [1.807, 2.05) is 57.2 Å². The van der Waals surface area contributed by atoms with E-state index in [1.54, 1.807) is 0 Å². The van der Waals surface area contributed by atoms with Crippen molar-refractivity contribution in [2.24, 2.45) is 0 Å². The number of amides is 1. The van der Waals surface area contributed by atoms with Crippen LogP contribution in [0.2, 0.25) is 0 Å². The Morgan fingerprint density at radius 3 is 2.43 bits per heavy atom. The van der Waals surface area contributed by atoms with Gasteiger partial charge in [0.2, 0.25) is 5.91 Å². The van der Waals surface area contributed by atoms with Crippen molar-refractivity contribution < 1.29 is 4.79 Å². The Bertz CT molecular complexity index is 596. The van der Waals surface area contributed by atoms with Gasteiger partial charge in [-0.1, -0.05) is 42.1 Å². The second-order valence-corrected chi connectivity index (χ2v) is 5.86. The molecule has 2 aromatic rings. The summed E-state index contributed by atoms with van der Waals surface area (Å²) < 4.78 is 0. The Kier molecular flexibility index (Phi) is 5.33. The predicted octanol–water partition coefficient (Wildman–Crippen LogP) is 3.06. The van der Waals surface area contributed by atoms with Gasteiger partial charge in [-0.05, 0) is 32.4 Å². The summed E-state index contributed by atoms with van der Waals surface area (Å²) in [5.41, 5.74) is 2.93. The van der Waals surface area contributed by atoms with Crippen LogP contribution in [0.1, 0.15) is 29.9 Å². The minimum absolute atomic E-state index is 0.000496. The fourth-order valence-corrected chi connectivity index (χ4v) is 2.76. The lowest BCUT2D eigenvalue weighted by atomic mass is 10.1. The van der Waals surface area contributed by atoms with Crippen LogP contribution in [0.5, 0.6) is 0 Å². The molecular weight excluding hydrogens is 282 g/mol. The first-order valence-electron chi connectivity index (χ1n) is 6.84. The topological polar surface area (TPSA) is 54.9 Å². The fraction of sp³-hybridized carbons (Fsp3) is 0.312. The normalized spacial score (nSPS) is 12.0. The summed E-state index contributed by atoms with van der Waals surface area (Å²) in [6, 6.07) is 11.8. The van der Waals surface area contributed by atoms with E-state index in [0.717, 1.165) is 17.0 Å². The van der Waals surface area contributed by atoms with Crippen LogP contribution in [-0.4, -0.2) is 21.6 Å². The second kappa shape index (κ2) is 7.22. The maximum atomic E-state index is 12.0. The van der Waals surface area contributed by atoms with Gasteiger partial charge in [-0.3, -0.25) is 4.79 Å². The third-order valence-electron chi connectivity index (χ3n) is 2.97. The molecule has 110 valence electrons. The number of benzene rings is 1. The molecule has 0 saturated carbocycles. The fourth-order valence-electron chi connectivity index (χ4n) is 2.00. The number of rotatable bonds is 5. The molecule has 0 fully saturated rings. The second-order valence-electron chi connectivity index (χ2n) is 4.92. The van der Waals surface area contributed by atoms with Crippen LogP contribution in [-0.2, 0) is 4.79 Å². The number of carbonyl (C=O) groups is 1. The van der Waals surface area contributed by atoms with Crippen LogP contribution in [0.4, 0.5) is 0 Å². The Hall–Kier alpha value is -1.88. The highest BCUT2D eigenvalue weighted by atomic mass is 32.2. The molecule has 2 rings (SSSR count). The van der Waals surface area contributed by atoms with Crippen molar-refractivity contribution in [2.75, 3.05) is 5.75 Å². The van der Waals surface area contributed by atoms with E-state index >= 15 is 0 Å². The zero-order valence-corrected chi connectivity index (χ0v) is 13.3. The van der Waals surface area contributed by atoms with Crippen molar-refractivity contribution in [3.63, 3.8) is 0 Å². The van der Waals surface area contributed by atoms with Crippen molar-refractivity contribution in [3.05, 3.63) is 53.3 Å². The smallest absolute Gasteiger partial charge is 0.230 e. The Morgan fingerprint density at radius 1 is 1.19 bits per heavy atom. The minimum Gasteiger partial charge on any atom is -0.349 e. The standard InChI is InChI=1S/C16H19N3OS/c1-11-9-12(2)18-16(17-11)21-10-15(20)19-13(3)14-7-5-4-6-8-14/h4-9,13H,10H2,1-3H3,(H,19,20). The lowest BCUT2D eigenvalue weighted by Gasteiger charge is -2.13. The van der Waals surface area contributed by atoms with Crippen LogP contribution in [0.15, 0.2) is 41.6 Å². The molecule has 0 bridgehead atoms. The number of thioether (sulfide) groups is 1. The molecule has 1 N–H and O–H groups in total. The summed E-state index contributed by atoms with van der Waals surface area (Å²) in [5, 5.41) is 3.63. The van der Waals surface area contributed by atoms with E-state index in [9.17, 15) is 4.79 Å². The SMILES string of the molecule is Cc1cc(C)nc(SCC(=O)NC(C)c2ccccc2)n1. The highest BCUT2D eigenvalue weighted by Gasteiger charge is 2.10. The molecule has 1 unspecified atom stereocenters. The number of hydrogen-bond donors (Lipinski definition) is 1. The van der Waals surface area contributed by atoms with Gasteiger partial charge < -0.3 is 5.32 Å². The third-order valence-corrected chi connectivity index (χ3v) is 3.82. The molecule has 1 atom stereocenters. The van der Waals surface area contributed by atoms with Gasteiger partial charge in [-0.15, -0.1) is 0 Å². The van der Waals surface area contributed by atoms with Crippen molar-refractivity contribution in [1.82, 2.24) is 15.3 Å². The highest BCUT2D eigenvalue weighted by molar-refractivity contribution is 7.99. The van der Waals surface area contributed by atoms with E-state index in [0.29, 0.717) is 10.9 Å². The number of aryl methyl sites for hydroxylation is 2. The molecule has 1 aromatic heterocycles. The molecule has 0 saturated heterocycles. The Labute approximate surface area is 129 Å². The number of hydrogen-bond acceptors (Lipinski definition) is 4. The quantitative estimate of drug-likeness (QED) is 0.681. The first-order chi connectivity index (χ1) is 10.0. The summed E-state index contributed by atoms with van der Waals surface area (Å²) >= 11 is 1.36. The number of aromatic nitrogens is 2. The average Bonchev–Trinajstić information content (AvgIpc) is 2.45. The Balaban J connectivity index is 1.87. The molecule has 0 aliphatic rings. The molecule has 0 spiro atoms. The van der Waals surface area contributed by atoms with E-state index in [2.05, 4.69) is 15.3 Å². The molecule has 1 heterocycles. The zero-order chi connectivity index (χ0) is 15.2. The summed E-state index contributed by atoms with van der Waals surface area (Å²) in [6.07, 6.45) is 0. The molecule has 4 nitrogen and oxygen atoms in total. The van der Waals surface area contributed by atoms with Crippen LogP contribution in [0, 0.1) is 13.8 Å². The molecule has 0 aliphatic carbocycles. The summed E-state index contributed by atoms with van der Waals surface area (Å²) in [4.78, 5) is 20.6. The maximum Gasteiger partial charge on any atom is 0.230 e. The van der Waals surface area contributed by atoms with Gasteiger partial charge in [0.05, 0.1) is 11.8 Å². The molecule has 1 aromatic carbocycles. The van der Waals surface area contributed by atoms with Gasteiger partial charge in [-0.2, -0.15) is 0 Å². The first-order valence-corrected chi connectivity index (χ1v) is 7.82. The predicted molar refractivity (Wildman–Crippen MR) is 85.2 cm³/mol. The largest absolute Gasteiger partial charge is 0.349 e. The minimum atomic E-state index is -0.0147. The van der Waals surface area contributed by atoms with Gasteiger partial charge in [0, 0.05) is 11.4 Å². The van der Waals surface area contributed by atoms with Gasteiger partial charge in [0.25, 0.3) is 0 Å². The first kappa shape index (κ1) is 15.5. The number of nitrogens with zero attached hydrogens (tertiary/aromatic N) is 2. The van der Waals surface area contributed by atoms with Crippen LogP contribution >= 0.6 is 11.8 Å². The van der Waals surface area contributed by atoms with Crippen LogP contribution in [0.3, 0.4) is 0 Å². The summed E-state index contributed by atoms with van der Waals surface area (Å²) in [5.74, 6) is 0.305. The molecular formula is C16H19N3OS. The van der Waals surface area contributed by atoms with E-state index in [4.69, 9.17) is 0 Å². The molecule has 5 heteroatoms. The van der Waals surface area contributed by atoms with Gasteiger partial charge in [0.15, 0.2) is 5.16 Å². The lowest BCUT2D eigenvalue weighted by Crippen LogP contribution is -2.28. The van der Waals surface area contributed by atoms with Gasteiger partial charge in [0.1, 0.15) is 0 Å². The van der Waals surface area contributed by atoms with E-state index in [1.165, 1.54) is 11.8 Å². The monoisotopic (exact) mass is 301 g/mol. The van der Waals surface area contributed by atoms with Crippen molar-refractivity contribution in [3.8, 4) is 0 Å². The van der Waals surface area contributed by atoms with Crippen LogP contribution < -0.4 is 5.32 Å². The van der Waals surface area contributed by atoms with Crippen molar-refractivity contribution in [2.45, 2.75) is 32.0 Å². The average molecular weight is 301 g/mol. The van der Waals surface area contributed by atoms with Gasteiger partial charge >= 0.3 is 0 Å². The molecule has 21 heavy (non-hydrogen) atoms. The van der Waals surface area contributed by atoms with E-state index < -0.39 is 0 Å². The van der Waals surface area contributed by atoms with E-state index in [-0.39, 0.29) is 11.9 Å². The third kappa shape index (κ3) is 4.86. The summed E-state index contributed by atoms with van der Waals surface area (Å²) in [7, 11) is 0. The highest BCUT2D eigenvalue weighted by Crippen LogP contribution is 2.15. The van der Waals surface area contributed by atoms with Crippen LogP contribution in [0.25, 0.3) is 0 Å². The zero-order valence-electron chi connectivity index (χ0n) is 12.5. The van der Waals surface area contributed by atoms with Gasteiger partial charge in [-0.25, -0.2) is 9.97 Å². The number of nitrogens with one attached hydrogen (secondary N) is 1.